The maximum absolute atomic E-state index is 15.2. The number of nitrogens with zero attached hydrogens (tertiary/aromatic N) is 7. The number of ether oxygens (including phenoxy) is 3. The molecule has 8 aromatic rings. The molecule has 9 rings (SSSR count). The van der Waals surface area contributed by atoms with Crippen molar-refractivity contribution >= 4 is 28.2 Å². The number of anilines is 2. The second-order valence-electron chi connectivity index (χ2n) is 14.8. The SMILES string of the molecule is COc1ccc(CNc2nc3cc(OC)c(F)cc3c3nc(C4CCCN(c5cn(C(c6ccccc6)(c6ccccc6)c6ccccc6)nc5C)C4)nn23)c(OC)c1. The smallest absolute Gasteiger partial charge is 0.226 e. The molecule has 3 aromatic heterocycles. The second kappa shape index (κ2) is 15.8. The molecule has 0 spiro atoms. The van der Waals surface area contributed by atoms with Gasteiger partial charge >= 0.3 is 0 Å². The van der Waals surface area contributed by atoms with Crippen molar-refractivity contribution in [3.63, 3.8) is 0 Å². The average Bonchev–Trinajstić information content (AvgIpc) is 3.92. The van der Waals surface area contributed by atoms with Crippen molar-refractivity contribution in [3.05, 3.63) is 167 Å². The number of benzene rings is 5. The lowest BCUT2D eigenvalue weighted by Gasteiger charge is -2.36. The minimum Gasteiger partial charge on any atom is -0.497 e. The van der Waals surface area contributed by atoms with Gasteiger partial charge in [-0.25, -0.2) is 14.4 Å². The quantitative estimate of drug-likeness (QED) is 0.122. The highest BCUT2D eigenvalue weighted by Crippen LogP contribution is 2.42. The van der Waals surface area contributed by atoms with Crippen molar-refractivity contribution < 1.29 is 18.6 Å². The van der Waals surface area contributed by atoms with E-state index in [1.165, 1.54) is 13.2 Å². The fourth-order valence-electron chi connectivity index (χ4n) is 8.52. The van der Waals surface area contributed by atoms with Crippen LogP contribution >= 0.6 is 0 Å². The molecule has 11 nitrogen and oxygen atoms in total. The number of aryl methyl sites for hydroxylation is 1. The summed E-state index contributed by atoms with van der Waals surface area (Å²) in [5.41, 5.74) is 6.54. The molecule has 4 heterocycles. The molecule has 1 fully saturated rings. The molecule has 1 unspecified atom stereocenters. The Kier molecular flexibility index (Phi) is 10.1. The van der Waals surface area contributed by atoms with E-state index in [-0.39, 0.29) is 11.7 Å². The number of hydrogen-bond donors (Lipinski definition) is 1. The number of halogens is 1. The van der Waals surface area contributed by atoms with E-state index in [2.05, 4.69) is 119 Å². The fraction of sp³-hybridized carbons (Fsp3) is 0.234. The molecule has 0 amide bonds. The van der Waals surface area contributed by atoms with Gasteiger partial charge in [0.2, 0.25) is 5.95 Å². The molecule has 12 heteroatoms. The summed E-state index contributed by atoms with van der Waals surface area (Å²) in [6, 6.07) is 40.5. The summed E-state index contributed by atoms with van der Waals surface area (Å²) >= 11 is 0. The predicted octanol–water partition coefficient (Wildman–Crippen LogP) is 8.78. The van der Waals surface area contributed by atoms with Crippen molar-refractivity contribution in [2.75, 3.05) is 44.6 Å². The van der Waals surface area contributed by atoms with Gasteiger partial charge in [0.1, 0.15) is 17.0 Å². The highest BCUT2D eigenvalue weighted by atomic mass is 19.1. The van der Waals surface area contributed by atoms with Gasteiger partial charge in [0, 0.05) is 48.6 Å². The van der Waals surface area contributed by atoms with Gasteiger partial charge in [-0.2, -0.15) is 9.61 Å². The Morgan fingerprint density at radius 3 is 2.05 bits per heavy atom. The zero-order valence-corrected chi connectivity index (χ0v) is 33.5. The largest absolute Gasteiger partial charge is 0.497 e. The first-order chi connectivity index (χ1) is 28.9. The molecular formula is C47H45FN8O3. The lowest BCUT2D eigenvalue weighted by atomic mass is 9.77. The maximum Gasteiger partial charge on any atom is 0.226 e. The minimum absolute atomic E-state index is 0.0128. The van der Waals surface area contributed by atoms with Crippen LogP contribution < -0.4 is 24.4 Å². The topological polar surface area (TPSA) is 104 Å². The van der Waals surface area contributed by atoms with Crippen LogP contribution in [-0.4, -0.2) is 63.8 Å². The molecule has 0 saturated carbocycles. The van der Waals surface area contributed by atoms with Gasteiger partial charge in [-0.3, -0.25) is 4.68 Å². The number of rotatable bonds is 12. The molecule has 5 aromatic carbocycles. The molecule has 0 bridgehead atoms. The van der Waals surface area contributed by atoms with E-state index < -0.39 is 11.4 Å². The lowest BCUT2D eigenvalue weighted by molar-refractivity contribution is 0.387. The molecular weight excluding hydrogens is 744 g/mol. The Morgan fingerprint density at radius 2 is 1.42 bits per heavy atom. The van der Waals surface area contributed by atoms with Crippen LogP contribution in [-0.2, 0) is 12.1 Å². The summed E-state index contributed by atoms with van der Waals surface area (Å²) in [5, 5.41) is 14.4. The van der Waals surface area contributed by atoms with Crippen molar-refractivity contribution in [3.8, 4) is 17.2 Å². The van der Waals surface area contributed by atoms with Crippen molar-refractivity contribution in [2.24, 2.45) is 0 Å². The number of fused-ring (bicyclic) bond motifs is 3. The fourth-order valence-corrected chi connectivity index (χ4v) is 8.52. The van der Waals surface area contributed by atoms with Crippen LogP contribution in [0.2, 0.25) is 0 Å². The third-order valence-electron chi connectivity index (χ3n) is 11.4. The molecule has 0 aliphatic carbocycles. The number of nitrogens with one attached hydrogen (secondary N) is 1. The van der Waals surface area contributed by atoms with E-state index in [1.807, 2.05) is 18.2 Å². The molecule has 298 valence electrons. The zero-order chi connectivity index (χ0) is 40.5. The summed E-state index contributed by atoms with van der Waals surface area (Å²) < 4.78 is 35.5. The van der Waals surface area contributed by atoms with E-state index in [0.717, 1.165) is 53.0 Å². The van der Waals surface area contributed by atoms with Crippen LogP contribution in [0.4, 0.5) is 16.0 Å². The Bertz CT molecular complexity index is 2640. The summed E-state index contributed by atoms with van der Waals surface area (Å²) in [7, 11) is 4.69. The predicted molar refractivity (Wildman–Crippen MR) is 227 cm³/mol. The molecule has 1 N–H and O–H groups in total. The Hall–Kier alpha value is -6.95. The van der Waals surface area contributed by atoms with E-state index in [1.54, 1.807) is 24.8 Å². The molecule has 1 saturated heterocycles. The first kappa shape index (κ1) is 37.6. The molecule has 1 atom stereocenters. The van der Waals surface area contributed by atoms with E-state index in [9.17, 15) is 0 Å². The summed E-state index contributed by atoms with van der Waals surface area (Å²) in [4.78, 5) is 12.4. The standard InChI is InChI=1S/C47H45FN8O3/c1-31-41(30-55(52-31)47(34-16-8-5-9-17-34,35-18-10-6-11-19-35)36-20-12-7-13-21-36)54-24-14-15-33(29-54)44-51-45-38-26-39(48)43(59-4)27-40(38)50-46(56(45)53-44)49-28-32-22-23-37(57-2)25-42(32)58-3/h5-13,16-23,25-27,30,33H,14-15,24,28-29H2,1-4H3,(H,49,50). The first-order valence-corrected chi connectivity index (χ1v) is 19.8. The van der Waals surface area contributed by atoms with Crippen LogP contribution in [0, 0.1) is 12.7 Å². The molecule has 1 aliphatic rings. The summed E-state index contributed by atoms with van der Waals surface area (Å²) in [6.45, 7) is 4.00. The summed E-state index contributed by atoms with van der Waals surface area (Å²) in [5.74, 6) is 2.09. The third kappa shape index (κ3) is 6.73. The number of hydrogen-bond acceptors (Lipinski definition) is 9. The van der Waals surface area contributed by atoms with Gasteiger partial charge in [0.25, 0.3) is 0 Å². The van der Waals surface area contributed by atoms with Crippen molar-refractivity contribution in [1.82, 2.24) is 29.4 Å². The van der Waals surface area contributed by atoms with Gasteiger partial charge in [-0.05, 0) is 54.7 Å². The first-order valence-electron chi connectivity index (χ1n) is 19.8. The normalized spacial score (nSPS) is 14.5. The van der Waals surface area contributed by atoms with Gasteiger partial charge < -0.3 is 24.4 Å². The van der Waals surface area contributed by atoms with Gasteiger partial charge in [0.05, 0.1) is 44.4 Å². The van der Waals surface area contributed by atoms with Gasteiger partial charge in [-0.1, -0.05) is 91.0 Å². The van der Waals surface area contributed by atoms with Crippen LogP contribution in [0.5, 0.6) is 17.2 Å². The summed E-state index contributed by atoms with van der Waals surface area (Å²) in [6.07, 6.45) is 4.02. The highest BCUT2D eigenvalue weighted by molar-refractivity contribution is 5.93. The molecule has 59 heavy (non-hydrogen) atoms. The van der Waals surface area contributed by atoms with Crippen molar-refractivity contribution in [1.29, 1.82) is 0 Å². The molecule has 1 aliphatic heterocycles. The second-order valence-corrected chi connectivity index (χ2v) is 14.8. The number of aromatic nitrogens is 6. The van der Waals surface area contributed by atoms with Crippen LogP contribution in [0.25, 0.3) is 16.6 Å². The third-order valence-corrected chi connectivity index (χ3v) is 11.4. The van der Waals surface area contributed by atoms with Gasteiger partial charge in [0.15, 0.2) is 23.0 Å². The number of piperidine rings is 1. The van der Waals surface area contributed by atoms with Gasteiger partial charge in [-0.15, -0.1) is 5.10 Å². The van der Waals surface area contributed by atoms with E-state index in [4.69, 9.17) is 34.4 Å². The lowest BCUT2D eigenvalue weighted by Crippen LogP contribution is -2.38. The Labute approximate surface area is 342 Å². The van der Waals surface area contributed by atoms with Crippen LogP contribution in [0.15, 0.2) is 128 Å². The Morgan fingerprint density at radius 1 is 0.763 bits per heavy atom. The highest BCUT2D eigenvalue weighted by Gasteiger charge is 2.40. The maximum atomic E-state index is 15.2. The van der Waals surface area contributed by atoms with E-state index >= 15 is 4.39 Å². The minimum atomic E-state index is -0.726. The van der Waals surface area contributed by atoms with Crippen LogP contribution in [0.1, 0.15) is 52.5 Å². The van der Waals surface area contributed by atoms with Crippen molar-refractivity contribution in [2.45, 2.75) is 37.8 Å². The average molecular weight is 789 g/mol. The number of methoxy groups -OCH3 is 3. The van der Waals surface area contributed by atoms with Crippen LogP contribution in [0.3, 0.4) is 0 Å². The molecule has 0 radical (unpaired) electrons. The zero-order valence-electron chi connectivity index (χ0n) is 33.5. The Balaban J connectivity index is 1.10. The monoisotopic (exact) mass is 788 g/mol. The van der Waals surface area contributed by atoms with E-state index in [0.29, 0.717) is 52.9 Å².